The Kier molecular flexibility index (Phi) is 7.61. The number of ether oxygens (including phenoxy) is 4. The molecule has 0 aliphatic heterocycles. The maximum Gasteiger partial charge on any atom is 0.336 e. The summed E-state index contributed by atoms with van der Waals surface area (Å²) in [4.78, 5) is 28.7. The summed E-state index contributed by atoms with van der Waals surface area (Å²) in [5, 5.41) is 0.792. The van der Waals surface area contributed by atoms with Crippen molar-refractivity contribution < 1.29 is 28.2 Å². The van der Waals surface area contributed by atoms with Gasteiger partial charge in [-0.15, -0.1) is 0 Å². The summed E-state index contributed by atoms with van der Waals surface area (Å²) in [6.07, 6.45) is 7.33. The van der Waals surface area contributed by atoms with Gasteiger partial charge in [0.25, 0.3) is 0 Å². The van der Waals surface area contributed by atoms with Gasteiger partial charge in [0.1, 0.15) is 12.0 Å². The Hall–Kier alpha value is -3.66. The maximum atomic E-state index is 12.3. The molecule has 0 aliphatic carbocycles. The molecule has 10 heteroatoms. The molecule has 32 heavy (non-hydrogen) atoms. The molecule has 1 aromatic carbocycles. The lowest BCUT2D eigenvalue weighted by Crippen LogP contribution is -2.12. The van der Waals surface area contributed by atoms with E-state index in [9.17, 15) is 9.59 Å². The highest BCUT2D eigenvalue weighted by atomic mass is 32.2. The van der Waals surface area contributed by atoms with Crippen molar-refractivity contribution in [3.05, 3.63) is 64.5 Å². The molecule has 0 saturated heterocycles. The zero-order valence-electron chi connectivity index (χ0n) is 18.0. The lowest BCUT2D eigenvalue weighted by Gasteiger charge is -2.12. The van der Waals surface area contributed by atoms with Gasteiger partial charge in [-0.05, 0) is 23.8 Å². The molecule has 0 N–H and O–H groups in total. The quantitative estimate of drug-likeness (QED) is 0.271. The predicted octanol–water partition coefficient (Wildman–Crippen LogP) is 3.31. The zero-order chi connectivity index (χ0) is 23.1. The van der Waals surface area contributed by atoms with Crippen LogP contribution in [0.25, 0.3) is 6.08 Å². The van der Waals surface area contributed by atoms with Crippen LogP contribution in [0.3, 0.4) is 0 Å². The van der Waals surface area contributed by atoms with E-state index in [0.29, 0.717) is 34.3 Å². The Bertz CT molecular complexity index is 1160. The molecular formula is C22H22N2O7S. The van der Waals surface area contributed by atoms with E-state index in [1.54, 1.807) is 18.3 Å². The van der Waals surface area contributed by atoms with Gasteiger partial charge in [0, 0.05) is 31.6 Å². The van der Waals surface area contributed by atoms with Crippen LogP contribution in [0.2, 0.25) is 0 Å². The lowest BCUT2D eigenvalue weighted by molar-refractivity contribution is -0.129. The highest BCUT2D eigenvalue weighted by Gasteiger charge is 2.13. The van der Waals surface area contributed by atoms with E-state index >= 15 is 0 Å². The second-order valence-electron chi connectivity index (χ2n) is 6.40. The minimum atomic E-state index is -0.735. The molecule has 0 atom stereocenters. The van der Waals surface area contributed by atoms with Crippen LogP contribution in [0.5, 0.6) is 23.0 Å². The number of esters is 1. The van der Waals surface area contributed by atoms with Crippen molar-refractivity contribution in [1.82, 2.24) is 9.55 Å². The molecule has 0 spiro atoms. The van der Waals surface area contributed by atoms with Crippen molar-refractivity contribution in [3.63, 3.8) is 0 Å². The SMILES string of the molecule is COc1cc(/C=C/C(=O)Oc2coc(CSc3nccn3C)cc2=O)cc(OC)c1OC. The average Bonchev–Trinajstić information content (AvgIpc) is 3.21. The van der Waals surface area contributed by atoms with Crippen molar-refractivity contribution in [2.24, 2.45) is 7.05 Å². The summed E-state index contributed by atoms with van der Waals surface area (Å²) in [7, 11) is 6.37. The van der Waals surface area contributed by atoms with Gasteiger partial charge in [0.2, 0.25) is 16.9 Å². The van der Waals surface area contributed by atoms with Crippen LogP contribution in [0.15, 0.2) is 57.3 Å². The smallest absolute Gasteiger partial charge is 0.336 e. The van der Waals surface area contributed by atoms with Crippen molar-refractivity contribution in [2.45, 2.75) is 10.9 Å². The topological polar surface area (TPSA) is 102 Å². The Balaban J connectivity index is 1.66. The first kappa shape index (κ1) is 23.0. The summed E-state index contributed by atoms with van der Waals surface area (Å²) < 4.78 is 28.2. The zero-order valence-corrected chi connectivity index (χ0v) is 18.8. The van der Waals surface area contributed by atoms with Crippen LogP contribution in [-0.2, 0) is 17.6 Å². The number of rotatable bonds is 9. The Morgan fingerprint density at radius 2 is 1.84 bits per heavy atom. The van der Waals surface area contributed by atoms with Crippen LogP contribution in [0.1, 0.15) is 11.3 Å². The van der Waals surface area contributed by atoms with Gasteiger partial charge < -0.3 is 27.9 Å². The van der Waals surface area contributed by atoms with Gasteiger partial charge in [-0.2, -0.15) is 0 Å². The van der Waals surface area contributed by atoms with Gasteiger partial charge in [-0.3, -0.25) is 4.79 Å². The molecule has 0 radical (unpaired) electrons. The Morgan fingerprint density at radius 3 is 2.41 bits per heavy atom. The fourth-order valence-corrected chi connectivity index (χ4v) is 3.54. The molecule has 0 unspecified atom stereocenters. The lowest BCUT2D eigenvalue weighted by atomic mass is 10.1. The molecule has 0 fully saturated rings. The molecule has 0 amide bonds. The first-order chi connectivity index (χ1) is 15.4. The number of hydrogen-bond acceptors (Lipinski definition) is 9. The summed E-state index contributed by atoms with van der Waals surface area (Å²) >= 11 is 1.42. The number of carbonyl (C=O) groups excluding carboxylic acids is 1. The van der Waals surface area contributed by atoms with Crippen molar-refractivity contribution >= 4 is 23.8 Å². The van der Waals surface area contributed by atoms with Crippen LogP contribution in [0, 0.1) is 0 Å². The van der Waals surface area contributed by atoms with E-state index < -0.39 is 11.4 Å². The monoisotopic (exact) mass is 458 g/mol. The molecule has 3 rings (SSSR count). The number of methoxy groups -OCH3 is 3. The largest absolute Gasteiger partial charge is 0.493 e. The molecule has 0 saturated carbocycles. The highest BCUT2D eigenvalue weighted by Crippen LogP contribution is 2.38. The number of nitrogens with zero attached hydrogens (tertiary/aromatic N) is 2. The number of aromatic nitrogens is 2. The van der Waals surface area contributed by atoms with E-state index in [2.05, 4.69) is 4.98 Å². The number of imidazole rings is 1. The van der Waals surface area contributed by atoms with Crippen molar-refractivity contribution in [3.8, 4) is 23.0 Å². The first-order valence-corrected chi connectivity index (χ1v) is 10.4. The average molecular weight is 458 g/mol. The normalized spacial score (nSPS) is 10.9. The summed E-state index contributed by atoms with van der Waals surface area (Å²) in [5.74, 6) is 1.25. The second-order valence-corrected chi connectivity index (χ2v) is 7.34. The third-order valence-electron chi connectivity index (χ3n) is 4.28. The number of hydrogen-bond donors (Lipinski definition) is 0. The van der Waals surface area contributed by atoms with Crippen molar-refractivity contribution in [2.75, 3.05) is 21.3 Å². The van der Waals surface area contributed by atoms with E-state index in [1.807, 2.05) is 17.8 Å². The van der Waals surface area contributed by atoms with Gasteiger partial charge >= 0.3 is 5.97 Å². The molecule has 0 aliphatic rings. The molecule has 9 nitrogen and oxygen atoms in total. The van der Waals surface area contributed by atoms with Crippen LogP contribution >= 0.6 is 11.8 Å². The Morgan fingerprint density at radius 1 is 1.12 bits per heavy atom. The second kappa shape index (κ2) is 10.6. The maximum absolute atomic E-state index is 12.3. The molecular weight excluding hydrogens is 436 g/mol. The summed E-state index contributed by atoms with van der Waals surface area (Å²) in [6, 6.07) is 4.64. The van der Waals surface area contributed by atoms with Crippen LogP contribution in [0.4, 0.5) is 0 Å². The fourth-order valence-electron chi connectivity index (χ4n) is 2.72. The Labute approximate surface area is 188 Å². The minimum Gasteiger partial charge on any atom is -0.493 e. The molecule has 2 heterocycles. The number of carbonyl (C=O) groups is 1. The highest BCUT2D eigenvalue weighted by molar-refractivity contribution is 7.98. The summed E-state index contributed by atoms with van der Waals surface area (Å²) in [6.45, 7) is 0. The van der Waals surface area contributed by atoms with Gasteiger partial charge in [-0.25, -0.2) is 9.78 Å². The third-order valence-corrected chi connectivity index (χ3v) is 5.36. The fraction of sp³-hybridized carbons (Fsp3) is 0.227. The predicted molar refractivity (Wildman–Crippen MR) is 119 cm³/mol. The van der Waals surface area contributed by atoms with Crippen LogP contribution in [-0.4, -0.2) is 36.8 Å². The van der Waals surface area contributed by atoms with Gasteiger partial charge in [0.05, 0.1) is 27.1 Å². The van der Waals surface area contributed by atoms with E-state index in [0.717, 1.165) is 11.4 Å². The third kappa shape index (κ3) is 5.52. The van der Waals surface area contributed by atoms with E-state index in [-0.39, 0.29) is 5.75 Å². The van der Waals surface area contributed by atoms with E-state index in [4.69, 9.17) is 23.4 Å². The number of aryl methyl sites for hydroxylation is 1. The van der Waals surface area contributed by atoms with Gasteiger partial charge in [0.15, 0.2) is 16.7 Å². The molecule has 2 aromatic heterocycles. The minimum absolute atomic E-state index is 0.199. The standard InChI is InChI=1S/C22H22N2O7S/c1-24-8-7-23-22(24)32-13-15-11-16(25)19(12-30-15)31-20(26)6-5-14-9-17(27-2)21(29-4)18(10-14)28-3/h5-12H,13H2,1-4H3/b6-5+. The molecule has 168 valence electrons. The van der Waals surface area contributed by atoms with Crippen LogP contribution < -0.4 is 24.4 Å². The summed E-state index contributed by atoms with van der Waals surface area (Å²) in [5.41, 5.74) is 0.159. The number of thioether (sulfide) groups is 1. The number of benzene rings is 1. The molecule has 0 bridgehead atoms. The van der Waals surface area contributed by atoms with E-state index in [1.165, 1.54) is 51.3 Å². The molecule has 3 aromatic rings. The first-order valence-electron chi connectivity index (χ1n) is 9.37. The van der Waals surface area contributed by atoms with Crippen molar-refractivity contribution in [1.29, 1.82) is 0 Å². The van der Waals surface area contributed by atoms with Gasteiger partial charge in [-0.1, -0.05) is 11.8 Å².